The van der Waals surface area contributed by atoms with E-state index in [1.54, 1.807) is 14.2 Å². The average Bonchev–Trinajstić information content (AvgIpc) is 3.27. The van der Waals surface area contributed by atoms with Gasteiger partial charge in [-0.25, -0.2) is 0 Å². The Morgan fingerprint density at radius 3 is 0.778 bits per heavy atom. The normalized spacial score (nSPS) is 13.0. The van der Waals surface area contributed by atoms with E-state index in [0.29, 0.717) is 5.41 Å². The molecule has 0 radical (unpaired) electrons. The number of rotatable bonds is 34. The summed E-state index contributed by atoms with van der Waals surface area (Å²) in [4.78, 5) is 0. The fraction of sp³-hybridized carbons (Fsp3) is 1.00. The van der Waals surface area contributed by atoms with Crippen molar-refractivity contribution in [1.29, 1.82) is 0 Å². The Hall–Kier alpha value is -0.120. The quantitative estimate of drug-likeness (QED) is 0.0644. The molecule has 5 atom stereocenters. The Morgan fingerprint density at radius 2 is 0.571 bits per heavy atom. The van der Waals surface area contributed by atoms with E-state index in [0.717, 1.165) is 61.9 Å². The molecule has 0 aliphatic carbocycles. The second-order valence-electron chi connectivity index (χ2n) is 19.5. The molecular weight excluding hydrogens is 769 g/mol. The molecule has 0 aliphatic rings. The third-order valence-electron chi connectivity index (χ3n) is 12.7. The van der Waals surface area contributed by atoms with Gasteiger partial charge >= 0.3 is 0 Å². The van der Waals surface area contributed by atoms with E-state index in [-0.39, 0.29) is 0 Å². The zero-order chi connectivity index (χ0) is 50.0. The van der Waals surface area contributed by atoms with E-state index >= 15 is 0 Å². The predicted octanol–water partition coefficient (Wildman–Crippen LogP) is 21.8. The van der Waals surface area contributed by atoms with E-state index < -0.39 is 0 Å². The molecule has 0 aliphatic heterocycles. The molecule has 0 N–H and O–H groups in total. The molecule has 0 bridgehead atoms. The molecule has 0 amide bonds. The van der Waals surface area contributed by atoms with Crippen LogP contribution in [0.3, 0.4) is 0 Å². The van der Waals surface area contributed by atoms with E-state index in [4.69, 9.17) is 14.2 Å². The zero-order valence-electron chi connectivity index (χ0n) is 49.1. The maximum atomic E-state index is 5.69. The first-order valence-electron chi connectivity index (χ1n) is 28.8. The topological polar surface area (TPSA) is 27.7 Å². The highest BCUT2D eigenvalue weighted by Crippen LogP contribution is 2.39. The van der Waals surface area contributed by atoms with Crippen molar-refractivity contribution in [3.8, 4) is 0 Å². The molecular formula is C60H134O3. The number of methoxy groups -OCH3 is 2. The Balaban J connectivity index is -0.000000119. The van der Waals surface area contributed by atoms with Crippen molar-refractivity contribution in [3.63, 3.8) is 0 Å². The summed E-state index contributed by atoms with van der Waals surface area (Å²) in [5.74, 6) is 5.05. The SMILES string of the molecule is CCC.CCCC(C)CC.CCCC(CC)CCC.CCCC(CC)COC.CCCC(CC)COC.CCCC(CC)COCC(C)CC.CCCC(CCC)(CCC)CCC. The minimum absolute atomic E-state index is 0.701. The molecule has 3 nitrogen and oxygen atoms in total. The van der Waals surface area contributed by atoms with Gasteiger partial charge in [-0.1, -0.05) is 267 Å². The summed E-state index contributed by atoms with van der Waals surface area (Å²) in [6.45, 7) is 48.9. The molecule has 3 heteroatoms. The van der Waals surface area contributed by atoms with Crippen LogP contribution in [-0.4, -0.2) is 40.6 Å². The molecule has 5 unspecified atom stereocenters. The summed E-state index contributed by atoms with van der Waals surface area (Å²) in [5.41, 5.74) is 0.701. The molecule has 0 saturated heterocycles. The van der Waals surface area contributed by atoms with Crippen LogP contribution in [-0.2, 0) is 14.2 Å². The molecule has 0 spiro atoms. The van der Waals surface area contributed by atoms with Crippen LogP contribution in [0.5, 0.6) is 0 Å². The molecule has 0 aromatic rings. The summed E-state index contributed by atoms with van der Waals surface area (Å²) in [5, 5.41) is 0. The highest BCUT2D eigenvalue weighted by Gasteiger charge is 2.25. The van der Waals surface area contributed by atoms with Crippen molar-refractivity contribution in [2.45, 2.75) is 312 Å². The first-order valence-corrected chi connectivity index (χ1v) is 28.8. The third kappa shape index (κ3) is 66.2. The minimum Gasteiger partial charge on any atom is -0.384 e. The van der Waals surface area contributed by atoms with Gasteiger partial charge in [-0.2, -0.15) is 0 Å². The van der Waals surface area contributed by atoms with Crippen LogP contribution in [0.2, 0.25) is 0 Å². The smallest absolute Gasteiger partial charge is 0.0494 e. The fourth-order valence-corrected chi connectivity index (χ4v) is 8.40. The lowest BCUT2D eigenvalue weighted by Gasteiger charge is -2.33. The summed E-state index contributed by atoms with van der Waals surface area (Å²) in [7, 11) is 3.55. The molecule has 0 aromatic carbocycles. The molecule has 0 heterocycles. The number of hydrogen-bond donors (Lipinski definition) is 0. The summed E-state index contributed by atoms with van der Waals surface area (Å²) in [6, 6.07) is 0. The Bertz CT molecular complexity index is 609. The van der Waals surface area contributed by atoms with Gasteiger partial charge in [0, 0.05) is 40.6 Å². The van der Waals surface area contributed by atoms with E-state index in [1.165, 1.54) is 173 Å². The largest absolute Gasteiger partial charge is 0.384 e. The molecule has 392 valence electrons. The lowest BCUT2D eigenvalue weighted by atomic mass is 9.72. The first-order chi connectivity index (χ1) is 30.2. The van der Waals surface area contributed by atoms with Crippen LogP contribution >= 0.6 is 0 Å². The molecule has 0 rings (SSSR count). The Morgan fingerprint density at radius 1 is 0.302 bits per heavy atom. The van der Waals surface area contributed by atoms with Gasteiger partial charge in [0.2, 0.25) is 0 Å². The average molecular weight is 904 g/mol. The van der Waals surface area contributed by atoms with Gasteiger partial charge in [-0.3, -0.25) is 0 Å². The lowest BCUT2D eigenvalue weighted by Crippen LogP contribution is -2.20. The molecule has 0 fully saturated rings. The lowest BCUT2D eigenvalue weighted by molar-refractivity contribution is 0.0706. The maximum absolute atomic E-state index is 5.69. The third-order valence-corrected chi connectivity index (χ3v) is 12.7. The van der Waals surface area contributed by atoms with Crippen LogP contribution in [0.15, 0.2) is 0 Å². The van der Waals surface area contributed by atoms with Crippen molar-refractivity contribution >= 4 is 0 Å². The number of hydrogen-bond acceptors (Lipinski definition) is 3. The highest BCUT2D eigenvalue weighted by molar-refractivity contribution is 4.77. The van der Waals surface area contributed by atoms with Crippen LogP contribution < -0.4 is 0 Å². The molecule has 0 aromatic heterocycles. The maximum Gasteiger partial charge on any atom is 0.0494 e. The van der Waals surface area contributed by atoms with Crippen molar-refractivity contribution in [3.05, 3.63) is 0 Å². The van der Waals surface area contributed by atoms with Gasteiger partial charge < -0.3 is 14.2 Å². The van der Waals surface area contributed by atoms with Crippen molar-refractivity contribution in [2.75, 3.05) is 40.6 Å². The zero-order valence-corrected chi connectivity index (χ0v) is 49.1. The summed E-state index contributed by atoms with van der Waals surface area (Å²) < 4.78 is 15.8. The van der Waals surface area contributed by atoms with E-state index in [1.807, 2.05) is 0 Å². The van der Waals surface area contributed by atoms with Crippen molar-refractivity contribution in [2.24, 2.45) is 40.9 Å². The van der Waals surface area contributed by atoms with Gasteiger partial charge in [0.25, 0.3) is 0 Å². The van der Waals surface area contributed by atoms with Crippen LogP contribution in [0.4, 0.5) is 0 Å². The van der Waals surface area contributed by atoms with Gasteiger partial charge in [0.05, 0.1) is 0 Å². The van der Waals surface area contributed by atoms with E-state index in [2.05, 4.69) is 138 Å². The number of ether oxygens (including phenoxy) is 3. The Labute approximate surface area is 406 Å². The second kappa shape index (κ2) is 68.5. The first kappa shape index (κ1) is 77.1. The minimum atomic E-state index is 0.701. The Kier molecular flexibility index (Phi) is 83.8. The van der Waals surface area contributed by atoms with Gasteiger partial charge in [-0.05, 0) is 85.9 Å². The summed E-state index contributed by atoms with van der Waals surface area (Å²) >= 11 is 0. The predicted molar refractivity (Wildman–Crippen MR) is 296 cm³/mol. The fourth-order valence-electron chi connectivity index (χ4n) is 8.40. The molecule has 0 saturated carbocycles. The second-order valence-corrected chi connectivity index (χ2v) is 19.5. The molecule has 63 heavy (non-hydrogen) atoms. The van der Waals surface area contributed by atoms with E-state index in [9.17, 15) is 0 Å². The van der Waals surface area contributed by atoms with Gasteiger partial charge in [0.15, 0.2) is 0 Å². The highest BCUT2D eigenvalue weighted by atomic mass is 16.5. The van der Waals surface area contributed by atoms with Crippen LogP contribution in [0.1, 0.15) is 312 Å². The van der Waals surface area contributed by atoms with Gasteiger partial charge in [0.1, 0.15) is 0 Å². The monoisotopic (exact) mass is 903 g/mol. The van der Waals surface area contributed by atoms with Crippen molar-refractivity contribution in [1.82, 2.24) is 0 Å². The van der Waals surface area contributed by atoms with Gasteiger partial charge in [-0.15, -0.1) is 0 Å². The summed E-state index contributed by atoms with van der Waals surface area (Å²) in [6.07, 6.45) is 36.3. The van der Waals surface area contributed by atoms with Crippen LogP contribution in [0.25, 0.3) is 0 Å². The van der Waals surface area contributed by atoms with Crippen molar-refractivity contribution < 1.29 is 14.2 Å². The van der Waals surface area contributed by atoms with Crippen LogP contribution in [0, 0.1) is 40.9 Å². The standard InChI is InChI=1S/C13H28.C12H26O.C9H20.2C8H18O.C7H16.C3H8/c1-5-9-13(10-6-2,11-7-3)12-8-4;1-5-8-12(7-3)10-13-9-11(4)6-2;1-4-7-9(6-3)8-5-2;2*1-4-6-8(5-2)7-9-3;1-4-6-7(3)5-2;1-3-2/h5-12H2,1-4H3;11-12H,5-10H2,1-4H3;9H,4-8H2,1-3H3;2*8H,4-7H2,1-3H3;7H,4-6H2,1-3H3;3H2,1-2H3.